The highest BCUT2D eigenvalue weighted by Gasteiger charge is 2.36. The number of carbonyl (C=O) groups is 1. The third-order valence-electron chi connectivity index (χ3n) is 6.67. The van der Waals surface area contributed by atoms with Gasteiger partial charge in [-0.3, -0.25) is 4.79 Å². The lowest BCUT2D eigenvalue weighted by Crippen LogP contribution is -2.35. The summed E-state index contributed by atoms with van der Waals surface area (Å²) in [6.07, 6.45) is -1.73. The summed E-state index contributed by atoms with van der Waals surface area (Å²) < 4.78 is 86.5. The molecule has 1 fully saturated rings. The van der Waals surface area contributed by atoms with Crippen molar-refractivity contribution in [1.82, 2.24) is 15.3 Å². The van der Waals surface area contributed by atoms with Crippen LogP contribution in [0.4, 0.5) is 23.5 Å². The molecule has 0 spiro atoms. The van der Waals surface area contributed by atoms with Gasteiger partial charge in [-0.05, 0) is 42.0 Å². The summed E-state index contributed by atoms with van der Waals surface area (Å²) in [4.78, 5) is 23.3. The number of hydrogen-bond acceptors (Lipinski definition) is 8. The summed E-state index contributed by atoms with van der Waals surface area (Å²) in [7, 11) is -3.31. The van der Waals surface area contributed by atoms with Crippen molar-refractivity contribution < 1.29 is 40.2 Å². The van der Waals surface area contributed by atoms with Gasteiger partial charge in [0.25, 0.3) is 5.91 Å². The second kappa shape index (κ2) is 13.5. The number of anilines is 1. The minimum Gasteiger partial charge on any atom is -0.489 e. The molecule has 9 nitrogen and oxygen atoms in total. The second-order valence-electron chi connectivity index (χ2n) is 9.57. The standard InChI is InChI=1S/C28H30F4N4O5S/c1-2-42(38,39)25-9-3-19(4-10-25)14-33-26(37)20-15-34-27(35-16-20)36-17-24(13-22(36)18-40-12-11-29)41-23-7-5-21(6-8-23)28(30,31)32/h3-10,15-16,22,24H,2,11-14,17-18H2,1H3,(H,33,37)/t22-,24+/m0/s1. The van der Waals surface area contributed by atoms with E-state index in [1.54, 1.807) is 24.0 Å². The van der Waals surface area contributed by atoms with E-state index < -0.39 is 40.3 Å². The first kappa shape index (κ1) is 31.2. The van der Waals surface area contributed by atoms with Gasteiger partial charge in [0, 0.05) is 25.4 Å². The fourth-order valence-electron chi connectivity index (χ4n) is 4.40. The van der Waals surface area contributed by atoms with Crippen molar-refractivity contribution in [2.45, 2.75) is 43.1 Å². The number of nitrogens with one attached hydrogen (secondary N) is 1. The van der Waals surface area contributed by atoms with Gasteiger partial charge in [0.15, 0.2) is 9.84 Å². The van der Waals surface area contributed by atoms with Gasteiger partial charge < -0.3 is 19.7 Å². The maximum atomic E-state index is 12.9. The molecule has 1 aromatic heterocycles. The predicted molar refractivity (Wildman–Crippen MR) is 146 cm³/mol. The number of ether oxygens (including phenoxy) is 2. The van der Waals surface area contributed by atoms with E-state index in [0.717, 1.165) is 12.1 Å². The number of carbonyl (C=O) groups excluding carboxylic acids is 1. The predicted octanol–water partition coefficient (Wildman–Crippen LogP) is 4.23. The van der Waals surface area contributed by atoms with Gasteiger partial charge in [-0.15, -0.1) is 0 Å². The molecule has 1 aliphatic rings. The fourth-order valence-corrected chi connectivity index (χ4v) is 5.29. The van der Waals surface area contributed by atoms with Crippen molar-refractivity contribution in [3.63, 3.8) is 0 Å². The van der Waals surface area contributed by atoms with Crippen LogP contribution in [0.5, 0.6) is 5.75 Å². The van der Waals surface area contributed by atoms with Crippen LogP contribution in [0.3, 0.4) is 0 Å². The quantitative estimate of drug-likeness (QED) is 0.240. The molecule has 2 atom stereocenters. The number of hydrogen-bond donors (Lipinski definition) is 1. The van der Waals surface area contributed by atoms with E-state index in [2.05, 4.69) is 15.3 Å². The summed E-state index contributed by atoms with van der Waals surface area (Å²) in [6, 6.07) is 10.4. The van der Waals surface area contributed by atoms with Gasteiger partial charge in [0.1, 0.15) is 18.5 Å². The van der Waals surface area contributed by atoms with Crippen LogP contribution in [0.2, 0.25) is 0 Å². The zero-order valence-corrected chi connectivity index (χ0v) is 23.5. The van der Waals surface area contributed by atoms with E-state index in [9.17, 15) is 30.8 Å². The topological polar surface area (TPSA) is 111 Å². The largest absolute Gasteiger partial charge is 0.489 e. The van der Waals surface area contributed by atoms with Gasteiger partial charge in [-0.2, -0.15) is 13.2 Å². The van der Waals surface area contributed by atoms with Crippen molar-refractivity contribution >= 4 is 21.7 Å². The molecule has 1 saturated heterocycles. The van der Waals surface area contributed by atoms with Crippen LogP contribution in [-0.2, 0) is 27.3 Å². The van der Waals surface area contributed by atoms with Crippen LogP contribution in [0.1, 0.15) is 34.8 Å². The lowest BCUT2D eigenvalue weighted by molar-refractivity contribution is -0.137. The summed E-state index contributed by atoms with van der Waals surface area (Å²) >= 11 is 0. The zero-order chi connectivity index (χ0) is 30.3. The molecule has 3 aromatic rings. The molecule has 0 radical (unpaired) electrons. The SMILES string of the molecule is CCS(=O)(=O)c1ccc(CNC(=O)c2cnc(N3C[C@H](Oc4ccc(C(F)(F)F)cc4)C[C@H]3COCCF)nc2)cc1. The highest BCUT2D eigenvalue weighted by atomic mass is 32.2. The second-order valence-corrected chi connectivity index (χ2v) is 11.8. The van der Waals surface area contributed by atoms with Crippen molar-refractivity contribution in [1.29, 1.82) is 0 Å². The molecule has 0 aliphatic carbocycles. The number of halogens is 4. The number of alkyl halides is 4. The van der Waals surface area contributed by atoms with Crippen LogP contribution in [-0.4, -0.2) is 68.6 Å². The number of nitrogens with zero attached hydrogens (tertiary/aromatic N) is 3. The first-order valence-electron chi connectivity index (χ1n) is 13.2. The molecule has 14 heteroatoms. The minimum atomic E-state index is -4.45. The van der Waals surface area contributed by atoms with Gasteiger partial charge in [0.2, 0.25) is 5.95 Å². The molecule has 2 heterocycles. The van der Waals surface area contributed by atoms with Crippen molar-refractivity contribution in [3.05, 3.63) is 77.6 Å². The van der Waals surface area contributed by atoms with E-state index in [-0.39, 0.29) is 53.7 Å². The Kier molecular flexibility index (Phi) is 9.99. The average molecular weight is 611 g/mol. The Morgan fingerprint density at radius 2 is 1.74 bits per heavy atom. The molecule has 1 amide bonds. The molecule has 0 bridgehead atoms. The Hall–Kier alpha value is -3.78. The smallest absolute Gasteiger partial charge is 0.416 e. The third kappa shape index (κ3) is 7.94. The van der Waals surface area contributed by atoms with Crippen molar-refractivity contribution in [2.24, 2.45) is 0 Å². The monoisotopic (exact) mass is 610 g/mol. The van der Waals surface area contributed by atoms with Crippen LogP contribution in [0.15, 0.2) is 65.8 Å². The van der Waals surface area contributed by atoms with E-state index in [0.29, 0.717) is 18.5 Å². The van der Waals surface area contributed by atoms with Crippen molar-refractivity contribution in [3.8, 4) is 5.75 Å². The van der Waals surface area contributed by atoms with Crippen molar-refractivity contribution in [2.75, 3.05) is 37.1 Å². The minimum absolute atomic E-state index is 0.00523. The van der Waals surface area contributed by atoms with Crippen LogP contribution < -0.4 is 15.0 Å². The Balaban J connectivity index is 1.38. The highest BCUT2D eigenvalue weighted by molar-refractivity contribution is 7.91. The van der Waals surface area contributed by atoms with E-state index in [1.165, 1.54) is 36.7 Å². The lowest BCUT2D eigenvalue weighted by Gasteiger charge is -2.23. The Labute approximate surface area is 240 Å². The number of rotatable bonds is 12. The maximum absolute atomic E-state index is 12.9. The Morgan fingerprint density at radius 1 is 1.07 bits per heavy atom. The fraction of sp³-hybridized carbons (Fsp3) is 0.393. The summed E-state index contributed by atoms with van der Waals surface area (Å²) in [5, 5.41) is 2.74. The normalized spacial score (nSPS) is 17.3. The van der Waals surface area contributed by atoms with Crippen LogP contribution in [0.25, 0.3) is 0 Å². The molecule has 42 heavy (non-hydrogen) atoms. The first-order valence-corrected chi connectivity index (χ1v) is 14.8. The highest BCUT2D eigenvalue weighted by Crippen LogP contribution is 2.32. The van der Waals surface area contributed by atoms with E-state index in [1.807, 2.05) is 0 Å². The Morgan fingerprint density at radius 3 is 2.33 bits per heavy atom. The first-order chi connectivity index (χ1) is 20.0. The van der Waals surface area contributed by atoms with Crippen LogP contribution >= 0.6 is 0 Å². The van der Waals surface area contributed by atoms with Gasteiger partial charge >= 0.3 is 6.18 Å². The number of sulfone groups is 1. The van der Waals surface area contributed by atoms with E-state index >= 15 is 0 Å². The Bertz CT molecular complexity index is 1440. The molecule has 2 aromatic carbocycles. The van der Waals surface area contributed by atoms with Gasteiger partial charge in [-0.25, -0.2) is 22.8 Å². The molecule has 1 N–H and O–H groups in total. The number of benzene rings is 2. The zero-order valence-electron chi connectivity index (χ0n) is 22.7. The molecular weight excluding hydrogens is 580 g/mol. The average Bonchev–Trinajstić information content (AvgIpc) is 3.38. The molecule has 0 saturated carbocycles. The van der Waals surface area contributed by atoms with Crippen LogP contribution in [0, 0.1) is 0 Å². The number of amides is 1. The number of aromatic nitrogens is 2. The summed E-state index contributed by atoms with van der Waals surface area (Å²) in [5.74, 6) is 0.119. The molecule has 0 unspecified atom stereocenters. The van der Waals surface area contributed by atoms with Gasteiger partial charge in [0.05, 0.1) is 47.6 Å². The third-order valence-corrected chi connectivity index (χ3v) is 8.42. The summed E-state index contributed by atoms with van der Waals surface area (Å²) in [6.45, 7) is 1.43. The van der Waals surface area contributed by atoms with Gasteiger partial charge in [-0.1, -0.05) is 19.1 Å². The molecule has 1 aliphatic heterocycles. The summed E-state index contributed by atoms with van der Waals surface area (Å²) in [5.41, 5.74) is 0.132. The molecule has 226 valence electrons. The van der Waals surface area contributed by atoms with E-state index in [4.69, 9.17) is 9.47 Å². The molecular formula is C28H30F4N4O5S. The lowest BCUT2D eigenvalue weighted by atomic mass is 10.2. The molecule has 4 rings (SSSR count). The maximum Gasteiger partial charge on any atom is 0.416 e.